The number of hydrazone groups is 1. The maximum Gasteiger partial charge on any atom is 0.329 e. The average Bonchev–Trinajstić information content (AvgIpc) is 2.51. The van der Waals surface area contributed by atoms with Crippen LogP contribution in [0.15, 0.2) is 35.4 Å². The SMILES string of the molecule is CC(CC(=O)Nc1ccccc1)=NNC(=O)C(=O)NCCO. The van der Waals surface area contributed by atoms with Gasteiger partial charge >= 0.3 is 11.8 Å². The summed E-state index contributed by atoms with van der Waals surface area (Å²) in [6.45, 7) is 1.27. The van der Waals surface area contributed by atoms with E-state index in [9.17, 15) is 14.4 Å². The Balaban J connectivity index is 2.40. The monoisotopic (exact) mass is 306 g/mol. The number of aliphatic hydroxyl groups is 1. The third-order valence-electron chi connectivity index (χ3n) is 2.43. The van der Waals surface area contributed by atoms with Crippen LogP contribution in [-0.2, 0) is 14.4 Å². The lowest BCUT2D eigenvalue weighted by molar-refractivity contribution is -0.139. The van der Waals surface area contributed by atoms with Gasteiger partial charge < -0.3 is 15.7 Å². The zero-order chi connectivity index (χ0) is 16.4. The van der Waals surface area contributed by atoms with Crippen molar-refractivity contribution in [3.63, 3.8) is 0 Å². The Hall–Kier alpha value is -2.74. The summed E-state index contributed by atoms with van der Waals surface area (Å²) in [7, 11) is 0. The standard InChI is InChI=1S/C14H18N4O4/c1-10(17-18-14(22)13(21)15-7-8-19)9-12(20)16-11-5-3-2-4-6-11/h2-6,19H,7-9H2,1H3,(H,15,21)(H,16,20)(H,18,22). The number of amides is 3. The van der Waals surface area contributed by atoms with E-state index in [1.165, 1.54) is 0 Å². The second-order valence-electron chi connectivity index (χ2n) is 4.36. The fraction of sp³-hybridized carbons (Fsp3) is 0.286. The van der Waals surface area contributed by atoms with Gasteiger partial charge in [0.1, 0.15) is 0 Å². The molecule has 8 nitrogen and oxygen atoms in total. The lowest BCUT2D eigenvalue weighted by atomic mass is 10.2. The minimum Gasteiger partial charge on any atom is -0.395 e. The van der Waals surface area contributed by atoms with Gasteiger partial charge in [-0.15, -0.1) is 0 Å². The van der Waals surface area contributed by atoms with Crippen molar-refractivity contribution in [2.24, 2.45) is 5.10 Å². The van der Waals surface area contributed by atoms with E-state index >= 15 is 0 Å². The smallest absolute Gasteiger partial charge is 0.329 e. The number of hydrogen-bond donors (Lipinski definition) is 4. The molecule has 22 heavy (non-hydrogen) atoms. The van der Waals surface area contributed by atoms with E-state index in [1.807, 2.05) is 11.5 Å². The molecule has 0 aromatic heterocycles. The number of para-hydroxylation sites is 1. The fourth-order valence-electron chi connectivity index (χ4n) is 1.45. The summed E-state index contributed by atoms with van der Waals surface area (Å²) in [4.78, 5) is 34.2. The molecule has 0 radical (unpaired) electrons. The number of nitrogens with one attached hydrogen (secondary N) is 3. The van der Waals surface area contributed by atoms with Gasteiger partial charge in [-0.1, -0.05) is 18.2 Å². The lowest BCUT2D eigenvalue weighted by Crippen LogP contribution is -2.39. The van der Waals surface area contributed by atoms with E-state index in [1.54, 1.807) is 31.2 Å². The lowest BCUT2D eigenvalue weighted by Gasteiger charge is -2.05. The molecule has 0 aliphatic heterocycles. The third-order valence-corrected chi connectivity index (χ3v) is 2.43. The summed E-state index contributed by atoms with van der Waals surface area (Å²) >= 11 is 0. The third kappa shape index (κ3) is 6.62. The Morgan fingerprint density at radius 1 is 1.14 bits per heavy atom. The first-order valence-corrected chi connectivity index (χ1v) is 6.60. The van der Waals surface area contributed by atoms with Crippen LogP contribution in [0, 0.1) is 0 Å². The first-order valence-electron chi connectivity index (χ1n) is 6.60. The predicted octanol–water partition coefficient (Wildman–Crippen LogP) is -0.384. The number of carbonyl (C=O) groups is 3. The van der Waals surface area contributed by atoms with Crippen molar-refractivity contribution in [2.45, 2.75) is 13.3 Å². The van der Waals surface area contributed by atoms with Crippen molar-refractivity contribution in [1.29, 1.82) is 0 Å². The van der Waals surface area contributed by atoms with Crippen molar-refractivity contribution in [2.75, 3.05) is 18.5 Å². The highest BCUT2D eigenvalue weighted by Gasteiger charge is 2.12. The zero-order valence-electron chi connectivity index (χ0n) is 12.1. The molecular weight excluding hydrogens is 288 g/mol. The summed E-state index contributed by atoms with van der Waals surface area (Å²) < 4.78 is 0. The summed E-state index contributed by atoms with van der Waals surface area (Å²) in [5.41, 5.74) is 3.04. The van der Waals surface area contributed by atoms with Crippen LogP contribution in [0.3, 0.4) is 0 Å². The number of nitrogens with zero attached hydrogens (tertiary/aromatic N) is 1. The Kier molecular flexibility index (Phi) is 7.27. The molecule has 1 rings (SSSR count). The van der Waals surface area contributed by atoms with Crippen LogP contribution in [0.25, 0.3) is 0 Å². The first-order chi connectivity index (χ1) is 10.5. The number of benzene rings is 1. The van der Waals surface area contributed by atoms with Crippen molar-refractivity contribution >= 4 is 29.1 Å². The second kappa shape index (κ2) is 9.24. The number of carbonyl (C=O) groups excluding carboxylic acids is 3. The van der Waals surface area contributed by atoms with Crippen LogP contribution < -0.4 is 16.1 Å². The highest BCUT2D eigenvalue weighted by Crippen LogP contribution is 2.05. The maximum atomic E-state index is 11.7. The summed E-state index contributed by atoms with van der Waals surface area (Å²) in [6.07, 6.45) is -0.0204. The Morgan fingerprint density at radius 3 is 2.45 bits per heavy atom. The molecular formula is C14H18N4O4. The molecule has 0 spiro atoms. The number of hydrogen-bond acceptors (Lipinski definition) is 5. The largest absolute Gasteiger partial charge is 0.395 e. The van der Waals surface area contributed by atoms with Gasteiger partial charge in [0.05, 0.1) is 13.0 Å². The van der Waals surface area contributed by atoms with Crippen LogP contribution in [-0.4, -0.2) is 41.7 Å². The van der Waals surface area contributed by atoms with Crippen LogP contribution in [0.4, 0.5) is 5.69 Å². The molecule has 0 aliphatic rings. The topological polar surface area (TPSA) is 120 Å². The molecule has 4 N–H and O–H groups in total. The minimum atomic E-state index is -0.962. The van der Waals surface area contributed by atoms with Gasteiger partial charge in [-0.05, 0) is 19.1 Å². The number of aliphatic hydroxyl groups excluding tert-OH is 1. The maximum absolute atomic E-state index is 11.7. The first kappa shape index (κ1) is 17.3. The average molecular weight is 306 g/mol. The Morgan fingerprint density at radius 2 is 1.82 bits per heavy atom. The van der Waals surface area contributed by atoms with Crippen molar-refractivity contribution < 1.29 is 19.5 Å². The summed E-state index contributed by atoms with van der Waals surface area (Å²) in [5, 5.41) is 17.0. The summed E-state index contributed by atoms with van der Waals surface area (Å²) in [5.74, 6) is -2.15. The van der Waals surface area contributed by atoms with Gasteiger partial charge in [0.2, 0.25) is 5.91 Å². The number of rotatable bonds is 6. The molecule has 0 bridgehead atoms. The Labute approximate surface area is 127 Å². The van der Waals surface area contributed by atoms with Gasteiger partial charge in [-0.3, -0.25) is 14.4 Å². The molecule has 3 amide bonds. The molecule has 0 saturated heterocycles. The van der Waals surface area contributed by atoms with Crippen molar-refractivity contribution in [1.82, 2.24) is 10.7 Å². The van der Waals surface area contributed by atoms with E-state index in [4.69, 9.17) is 5.11 Å². The zero-order valence-corrected chi connectivity index (χ0v) is 12.1. The van der Waals surface area contributed by atoms with Crippen molar-refractivity contribution in [3.05, 3.63) is 30.3 Å². The van der Waals surface area contributed by atoms with Gasteiger partial charge in [0.15, 0.2) is 0 Å². The van der Waals surface area contributed by atoms with Crippen LogP contribution in [0.5, 0.6) is 0 Å². The van der Waals surface area contributed by atoms with E-state index < -0.39 is 11.8 Å². The molecule has 0 saturated carbocycles. The predicted molar refractivity (Wildman–Crippen MR) is 81.0 cm³/mol. The molecule has 118 valence electrons. The van der Waals surface area contributed by atoms with E-state index in [-0.39, 0.29) is 25.5 Å². The van der Waals surface area contributed by atoms with Gasteiger partial charge in [0.25, 0.3) is 0 Å². The van der Waals surface area contributed by atoms with Gasteiger partial charge in [-0.25, -0.2) is 5.43 Å². The molecule has 1 aromatic rings. The number of anilines is 1. The normalized spacial score (nSPS) is 10.7. The molecule has 0 unspecified atom stereocenters. The quantitative estimate of drug-likeness (QED) is 0.325. The van der Waals surface area contributed by atoms with E-state index in [2.05, 4.69) is 15.7 Å². The van der Waals surface area contributed by atoms with Crippen LogP contribution in [0.1, 0.15) is 13.3 Å². The molecule has 0 aliphatic carbocycles. The molecule has 0 fully saturated rings. The van der Waals surface area contributed by atoms with Crippen LogP contribution in [0.2, 0.25) is 0 Å². The van der Waals surface area contributed by atoms with Gasteiger partial charge in [-0.2, -0.15) is 5.10 Å². The highest BCUT2D eigenvalue weighted by molar-refractivity contribution is 6.35. The molecule has 8 heteroatoms. The molecule has 0 heterocycles. The molecule has 1 aromatic carbocycles. The van der Waals surface area contributed by atoms with Crippen LogP contribution >= 0.6 is 0 Å². The van der Waals surface area contributed by atoms with Gasteiger partial charge in [0, 0.05) is 17.9 Å². The Bertz CT molecular complexity index is 557. The van der Waals surface area contributed by atoms with E-state index in [0.29, 0.717) is 11.4 Å². The fourth-order valence-corrected chi connectivity index (χ4v) is 1.45. The minimum absolute atomic E-state index is 0.0194. The highest BCUT2D eigenvalue weighted by atomic mass is 16.3. The van der Waals surface area contributed by atoms with E-state index in [0.717, 1.165) is 0 Å². The summed E-state index contributed by atoms with van der Waals surface area (Å²) in [6, 6.07) is 8.92. The van der Waals surface area contributed by atoms with Crippen molar-refractivity contribution in [3.8, 4) is 0 Å². The second-order valence-corrected chi connectivity index (χ2v) is 4.36. The molecule has 0 atom stereocenters.